The molecule has 0 fully saturated rings. The number of nitrogens with one attached hydrogen (secondary N) is 1. The molecule has 22 heavy (non-hydrogen) atoms. The van der Waals surface area contributed by atoms with Crippen LogP contribution in [0.15, 0.2) is 42.5 Å². The van der Waals surface area contributed by atoms with E-state index in [-0.39, 0.29) is 0 Å². The Bertz CT molecular complexity index is 635. The van der Waals surface area contributed by atoms with Gasteiger partial charge in [0.15, 0.2) is 0 Å². The summed E-state index contributed by atoms with van der Waals surface area (Å²) in [5.41, 5.74) is 4.19. The Labute approximate surface area is 146 Å². The van der Waals surface area contributed by atoms with E-state index in [4.69, 9.17) is 39.5 Å². The molecule has 0 heterocycles. The molecule has 0 aliphatic rings. The molecule has 1 N–H and O–H groups in total. The highest BCUT2D eigenvalue weighted by Crippen LogP contribution is 2.42. The van der Waals surface area contributed by atoms with Crippen LogP contribution in [0.3, 0.4) is 0 Å². The lowest BCUT2D eigenvalue weighted by Gasteiger charge is -2.27. The van der Waals surface area contributed by atoms with Crippen LogP contribution >= 0.6 is 34.8 Å². The Kier molecular flexibility index (Phi) is 5.49. The van der Waals surface area contributed by atoms with Crippen molar-refractivity contribution in [1.29, 1.82) is 0 Å². The van der Waals surface area contributed by atoms with E-state index in [0.717, 1.165) is 17.0 Å². The van der Waals surface area contributed by atoms with Gasteiger partial charge in [-0.3, -0.25) is 0 Å². The summed E-state index contributed by atoms with van der Waals surface area (Å²) in [6.45, 7) is 4.12. The fourth-order valence-electron chi connectivity index (χ4n) is 2.15. The highest BCUT2D eigenvalue weighted by molar-refractivity contribution is 6.68. The quantitative estimate of drug-likeness (QED) is 0.694. The largest absolute Gasteiger partial charge is 0.497 e. The predicted molar refractivity (Wildman–Crippen MR) is 95.6 cm³/mol. The van der Waals surface area contributed by atoms with E-state index >= 15 is 0 Å². The Hall–Kier alpha value is -1.09. The van der Waals surface area contributed by atoms with E-state index in [2.05, 4.69) is 19.2 Å². The maximum atomic E-state index is 6.17. The van der Waals surface area contributed by atoms with E-state index in [1.807, 2.05) is 42.5 Å². The monoisotopic (exact) mass is 357 g/mol. The molecule has 0 amide bonds. The van der Waals surface area contributed by atoms with Crippen LogP contribution in [-0.4, -0.2) is 10.9 Å². The first-order valence-electron chi connectivity index (χ1n) is 6.85. The molecule has 0 bridgehead atoms. The number of methoxy groups -OCH3 is 1. The molecule has 0 aromatic heterocycles. The van der Waals surface area contributed by atoms with E-state index in [1.165, 1.54) is 11.1 Å². The standard InChI is InChI=1S/C17H18Cl3NO/c1-11-4-7-14(10-12(11)2)21-16(17(18,19)20)13-5-8-15(22-3)9-6-13/h4-10,16,21H,1-3H3. The maximum Gasteiger partial charge on any atom is 0.214 e. The minimum Gasteiger partial charge on any atom is -0.497 e. The molecule has 0 spiro atoms. The average Bonchev–Trinajstić information content (AvgIpc) is 2.47. The van der Waals surface area contributed by atoms with Gasteiger partial charge in [-0.1, -0.05) is 53.0 Å². The van der Waals surface area contributed by atoms with Gasteiger partial charge in [0.1, 0.15) is 5.75 Å². The lowest BCUT2D eigenvalue weighted by molar-refractivity contribution is 0.414. The highest BCUT2D eigenvalue weighted by atomic mass is 35.6. The van der Waals surface area contributed by atoms with Crippen molar-refractivity contribution in [3.63, 3.8) is 0 Å². The van der Waals surface area contributed by atoms with Crippen molar-refractivity contribution in [1.82, 2.24) is 0 Å². The molecule has 118 valence electrons. The Morgan fingerprint density at radius 1 is 0.955 bits per heavy atom. The van der Waals surface area contributed by atoms with Crippen molar-refractivity contribution in [2.45, 2.75) is 23.7 Å². The third-order valence-corrected chi connectivity index (χ3v) is 4.25. The molecular formula is C17H18Cl3NO. The molecule has 0 aliphatic carbocycles. The average molecular weight is 359 g/mol. The van der Waals surface area contributed by atoms with Crippen LogP contribution in [0, 0.1) is 13.8 Å². The van der Waals surface area contributed by atoms with Crippen molar-refractivity contribution in [3.8, 4) is 5.75 Å². The molecule has 0 radical (unpaired) electrons. The molecule has 2 aromatic rings. The second-order valence-corrected chi connectivity index (χ2v) is 7.56. The van der Waals surface area contributed by atoms with Crippen molar-refractivity contribution in [2.24, 2.45) is 0 Å². The molecule has 2 aromatic carbocycles. The topological polar surface area (TPSA) is 21.3 Å². The van der Waals surface area contributed by atoms with Crippen LogP contribution in [0.2, 0.25) is 0 Å². The second-order valence-electron chi connectivity index (χ2n) is 5.19. The van der Waals surface area contributed by atoms with Crippen LogP contribution in [0.1, 0.15) is 22.7 Å². The zero-order valence-corrected chi connectivity index (χ0v) is 14.9. The lowest BCUT2D eigenvalue weighted by atomic mass is 10.1. The summed E-state index contributed by atoms with van der Waals surface area (Å²) in [7, 11) is 1.62. The van der Waals surface area contributed by atoms with Crippen LogP contribution in [0.4, 0.5) is 5.69 Å². The first-order chi connectivity index (χ1) is 10.3. The number of rotatable bonds is 4. The minimum atomic E-state index is -1.48. The number of hydrogen-bond donors (Lipinski definition) is 1. The number of aryl methyl sites for hydroxylation is 2. The van der Waals surface area contributed by atoms with Crippen molar-refractivity contribution >= 4 is 40.5 Å². The number of anilines is 1. The van der Waals surface area contributed by atoms with Crippen molar-refractivity contribution < 1.29 is 4.74 Å². The van der Waals surface area contributed by atoms with Crippen molar-refractivity contribution in [2.75, 3.05) is 12.4 Å². The summed E-state index contributed by atoms with van der Waals surface area (Å²) >= 11 is 18.5. The smallest absolute Gasteiger partial charge is 0.214 e. The third-order valence-electron chi connectivity index (χ3n) is 3.59. The summed E-state index contributed by atoms with van der Waals surface area (Å²) in [6, 6.07) is 13.1. The number of halogens is 3. The molecule has 5 heteroatoms. The lowest BCUT2D eigenvalue weighted by Crippen LogP contribution is -2.25. The molecule has 2 rings (SSSR count). The second kappa shape index (κ2) is 6.99. The van der Waals surface area contributed by atoms with E-state index in [9.17, 15) is 0 Å². The fraction of sp³-hybridized carbons (Fsp3) is 0.294. The van der Waals surface area contributed by atoms with Gasteiger partial charge < -0.3 is 10.1 Å². The summed E-state index contributed by atoms with van der Waals surface area (Å²) < 4.78 is 3.68. The Morgan fingerprint density at radius 3 is 2.09 bits per heavy atom. The summed E-state index contributed by atoms with van der Waals surface area (Å²) in [5.74, 6) is 0.762. The third kappa shape index (κ3) is 4.22. The van der Waals surface area contributed by atoms with E-state index < -0.39 is 9.83 Å². The first-order valence-corrected chi connectivity index (χ1v) is 7.99. The van der Waals surface area contributed by atoms with Crippen molar-refractivity contribution in [3.05, 3.63) is 59.2 Å². The summed E-state index contributed by atoms with van der Waals surface area (Å²) in [4.78, 5) is 0. The molecule has 0 aliphatic heterocycles. The van der Waals surface area contributed by atoms with Gasteiger partial charge in [-0.05, 0) is 54.8 Å². The van der Waals surface area contributed by atoms with E-state index in [1.54, 1.807) is 7.11 Å². The van der Waals surface area contributed by atoms with Gasteiger partial charge >= 0.3 is 0 Å². The number of ether oxygens (including phenoxy) is 1. The highest BCUT2D eigenvalue weighted by Gasteiger charge is 2.34. The first kappa shape index (κ1) is 17.3. The number of alkyl halides is 3. The Balaban J connectivity index is 2.31. The molecule has 1 unspecified atom stereocenters. The van der Waals surface area contributed by atoms with Crippen LogP contribution in [0.25, 0.3) is 0 Å². The number of benzene rings is 2. The summed E-state index contributed by atoms with van der Waals surface area (Å²) in [6.07, 6.45) is 0. The van der Waals surface area contributed by atoms with Gasteiger partial charge in [-0.25, -0.2) is 0 Å². The van der Waals surface area contributed by atoms with Crippen LogP contribution < -0.4 is 10.1 Å². The zero-order chi connectivity index (χ0) is 16.3. The normalized spacial score (nSPS) is 12.8. The predicted octanol–water partition coefficient (Wildman–Crippen LogP) is 5.84. The van der Waals surface area contributed by atoms with Gasteiger partial charge in [-0.15, -0.1) is 0 Å². The molecular weight excluding hydrogens is 341 g/mol. The molecule has 2 nitrogen and oxygen atoms in total. The van der Waals surface area contributed by atoms with Gasteiger partial charge in [0.05, 0.1) is 13.2 Å². The SMILES string of the molecule is COc1ccc(C(Nc2ccc(C)c(C)c2)C(Cl)(Cl)Cl)cc1. The van der Waals surface area contributed by atoms with E-state index in [0.29, 0.717) is 0 Å². The maximum absolute atomic E-state index is 6.17. The van der Waals surface area contributed by atoms with Gasteiger partial charge in [0.2, 0.25) is 3.79 Å². The molecule has 0 saturated carbocycles. The van der Waals surface area contributed by atoms with Gasteiger partial charge in [0.25, 0.3) is 0 Å². The molecule has 1 atom stereocenters. The van der Waals surface area contributed by atoms with Gasteiger partial charge in [0, 0.05) is 5.69 Å². The Morgan fingerprint density at radius 2 is 1.59 bits per heavy atom. The van der Waals surface area contributed by atoms with Gasteiger partial charge in [-0.2, -0.15) is 0 Å². The van der Waals surface area contributed by atoms with Crippen LogP contribution in [0.5, 0.6) is 5.75 Å². The summed E-state index contributed by atoms with van der Waals surface area (Å²) in [5, 5.41) is 3.30. The zero-order valence-electron chi connectivity index (χ0n) is 12.7. The minimum absolute atomic E-state index is 0.467. The fourth-order valence-corrected chi connectivity index (χ4v) is 2.69. The molecule has 0 saturated heterocycles. The number of hydrogen-bond acceptors (Lipinski definition) is 2. The van der Waals surface area contributed by atoms with Crippen LogP contribution in [-0.2, 0) is 0 Å².